The number of nitrogens with two attached hydrogens (primary N) is 1. The van der Waals surface area contributed by atoms with Crippen LogP contribution in [0.25, 0.3) is 0 Å². The van der Waals surface area contributed by atoms with Gasteiger partial charge in [-0.3, -0.25) is 4.79 Å². The molecule has 2 aromatic rings. The van der Waals surface area contributed by atoms with Crippen LogP contribution in [0.1, 0.15) is 33.8 Å². The quantitative estimate of drug-likeness (QED) is 0.886. The Morgan fingerprint density at radius 1 is 1.33 bits per heavy atom. The van der Waals surface area contributed by atoms with E-state index in [-0.39, 0.29) is 11.9 Å². The predicted molar refractivity (Wildman–Crippen MR) is 76.1 cm³/mol. The minimum Gasteiger partial charge on any atom is -0.377 e. The zero-order valence-electron chi connectivity index (χ0n) is 10.4. The lowest BCUT2D eigenvalue weighted by atomic mass is 10.1. The van der Waals surface area contributed by atoms with E-state index in [4.69, 9.17) is 5.73 Å². The van der Waals surface area contributed by atoms with Crippen molar-refractivity contribution in [1.82, 2.24) is 0 Å². The van der Waals surface area contributed by atoms with Crippen LogP contribution >= 0.6 is 11.3 Å². The first-order chi connectivity index (χ1) is 8.59. The van der Waals surface area contributed by atoms with Gasteiger partial charge in [0.05, 0.1) is 6.04 Å². The number of amides is 1. The maximum Gasteiger partial charge on any atom is 0.249 e. The number of primary amides is 1. The van der Waals surface area contributed by atoms with E-state index in [1.807, 2.05) is 25.1 Å². The Hall–Kier alpha value is -1.81. The highest BCUT2D eigenvalue weighted by atomic mass is 32.1. The van der Waals surface area contributed by atoms with Crippen LogP contribution in [0, 0.1) is 6.92 Å². The number of benzene rings is 1. The Morgan fingerprint density at radius 3 is 2.72 bits per heavy atom. The molecular weight excluding hydrogens is 244 g/mol. The van der Waals surface area contributed by atoms with Crippen molar-refractivity contribution in [1.29, 1.82) is 0 Å². The summed E-state index contributed by atoms with van der Waals surface area (Å²) in [4.78, 5) is 12.5. The van der Waals surface area contributed by atoms with Gasteiger partial charge in [0.25, 0.3) is 0 Å². The average molecular weight is 260 g/mol. The maximum atomic E-state index is 11.3. The summed E-state index contributed by atoms with van der Waals surface area (Å²) in [5, 5.41) is 5.47. The number of anilines is 1. The van der Waals surface area contributed by atoms with Gasteiger partial charge in [0.2, 0.25) is 5.91 Å². The van der Waals surface area contributed by atoms with Gasteiger partial charge in [-0.1, -0.05) is 12.1 Å². The molecule has 0 saturated carbocycles. The van der Waals surface area contributed by atoms with Crippen LogP contribution in [0.15, 0.2) is 35.7 Å². The predicted octanol–water partition coefficient (Wildman–Crippen LogP) is 3.33. The van der Waals surface area contributed by atoms with Gasteiger partial charge in [-0.2, -0.15) is 0 Å². The summed E-state index contributed by atoms with van der Waals surface area (Å²) in [5.74, 6) is -0.389. The van der Waals surface area contributed by atoms with Crippen molar-refractivity contribution in [2.24, 2.45) is 5.73 Å². The first-order valence-corrected chi connectivity index (χ1v) is 6.67. The normalized spacial score (nSPS) is 12.1. The minimum absolute atomic E-state index is 0.215. The van der Waals surface area contributed by atoms with Crippen molar-refractivity contribution >= 4 is 22.9 Å². The van der Waals surface area contributed by atoms with Gasteiger partial charge in [-0.05, 0) is 43.0 Å². The van der Waals surface area contributed by atoms with Crippen LogP contribution in [0.3, 0.4) is 0 Å². The topological polar surface area (TPSA) is 55.1 Å². The van der Waals surface area contributed by atoms with Crippen molar-refractivity contribution in [2.75, 3.05) is 5.32 Å². The molecule has 0 bridgehead atoms. The van der Waals surface area contributed by atoms with Crippen LogP contribution in [0.4, 0.5) is 5.69 Å². The highest BCUT2D eigenvalue weighted by Gasteiger charge is 2.11. The molecule has 1 aromatic heterocycles. The molecular formula is C14H16N2OS. The second-order valence-corrected chi connectivity index (χ2v) is 5.20. The van der Waals surface area contributed by atoms with Crippen LogP contribution in [0.5, 0.6) is 0 Å². The molecule has 1 heterocycles. The van der Waals surface area contributed by atoms with E-state index in [1.165, 1.54) is 4.88 Å². The second kappa shape index (κ2) is 5.23. The van der Waals surface area contributed by atoms with E-state index in [2.05, 4.69) is 23.7 Å². The number of nitrogens with one attached hydrogen (secondary N) is 1. The van der Waals surface area contributed by atoms with Gasteiger partial charge in [0.1, 0.15) is 0 Å². The summed E-state index contributed by atoms with van der Waals surface area (Å²) in [6, 6.07) is 9.90. The molecule has 0 radical (unpaired) electrons. The molecule has 0 spiro atoms. The Labute approximate surface area is 111 Å². The molecule has 1 atom stereocenters. The number of thiophene rings is 1. The van der Waals surface area contributed by atoms with E-state index in [1.54, 1.807) is 17.4 Å². The molecule has 0 aliphatic heterocycles. The zero-order valence-corrected chi connectivity index (χ0v) is 11.3. The van der Waals surface area contributed by atoms with Gasteiger partial charge in [0.15, 0.2) is 0 Å². The smallest absolute Gasteiger partial charge is 0.249 e. The van der Waals surface area contributed by atoms with E-state index in [0.29, 0.717) is 5.56 Å². The molecule has 3 N–H and O–H groups in total. The zero-order chi connectivity index (χ0) is 13.1. The van der Waals surface area contributed by atoms with Crippen molar-refractivity contribution in [3.63, 3.8) is 0 Å². The third-order valence-corrected chi connectivity index (χ3v) is 4.00. The third kappa shape index (κ3) is 2.54. The van der Waals surface area contributed by atoms with E-state index in [0.717, 1.165) is 11.3 Å². The van der Waals surface area contributed by atoms with Gasteiger partial charge >= 0.3 is 0 Å². The molecule has 0 saturated heterocycles. The Balaban J connectivity index is 2.24. The number of carbonyl (C=O) groups excluding carboxylic acids is 1. The van der Waals surface area contributed by atoms with Crippen LogP contribution in [-0.4, -0.2) is 5.91 Å². The summed E-state index contributed by atoms with van der Waals surface area (Å²) in [6.45, 7) is 4.01. The van der Waals surface area contributed by atoms with Gasteiger partial charge < -0.3 is 11.1 Å². The van der Waals surface area contributed by atoms with Gasteiger partial charge in [0, 0.05) is 16.1 Å². The lowest BCUT2D eigenvalue weighted by Crippen LogP contribution is -2.14. The third-order valence-electron chi connectivity index (χ3n) is 2.94. The van der Waals surface area contributed by atoms with Crippen molar-refractivity contribution in [3.05, 3.63) is 51.7 Å². The number of rotatable bonds is 4. The molecule has 18 heavy (non-hydrogen) atoms. The Bertz CT molecular complexity index is 549. The van der Waals surface area contributed by atoms with Gasteiger partial charge in [-0.25, -0.2) is 0 Å². The van der Waals surface area contributed by atoms with Crippen molar-refractivity contribution in [3.8, 4) is 0 Å². The molecule has 94 valence electrons. The summed E-state index contributed by atoms with van der Waals surface area (Å²) in [6.07, 6.45) is 0. The molecule has 0 aliphatic carbocycles. The number of hydrogen-bond donors (Lipinski definition) is 2. The molecule has 0 fully saturated rings. The van der Waals surface area contributed by atoms with Crippen molar-refractivity contribution < 1.29 is 4.79 Å². The summed E-state index contributed by atoms with van der Waals surface area (Å²) in [7, 11) is 0. The number of carbonyl (C=O) groups is 1. The maximum absolute atomic E-state index is 11.3. The first-order valence-electron chi connectivity index (χ1n) is 5.79. The molecule has 3 nitrogen and oxygen atoms in total. The fourth-order valence-corrected chi connectivity index (χ4v) is 2.64. The molecule has 1 aromatic carbocycles. The fourth-order valence-electron chi connectivity index (χ4n) is 1.90. The highest BCUT2D eigenvalue weighted by Crippen LogP contribution is 2.26. The lowest BCUT2D eigenvalue weighted by molar-refractivity contribution is 0.1000. The highest BCUT2D eigenvalue weighted by molar-refractivity contribution is 7.10. The monoisotopic (exact) mass is 260 g/mol. The SMILES string of the molecule is Cc1c(NC(C)c2cccs2)cccc1C(N)=O. The summed E-state index contributed by atoms with van der Waals surface area (Å²) < 4.78 is 0. The Morgan fingerprint density at radius 2 is 2.11 bits per heavy atom. The average Bonchev–Trinajstić information content (AvgIpc) is 2.85. The molecule has 0 aliphatic rings. The molecule has 2 rings (SSSR count). The summed E-state index contributed by atoms with van der Waals surface area (Å²) in [5.41, 5.74) is 7.76. The van der Waals surface area contributed by atoms with E-state index >= 15 is 0 Å². The van der Waals surface area contributed by atoms with Gasteiger partial charge in [-0.15, -0.1) is 11.3 Å². The standard InChI is InChI=1S/C14H16N2OS/c1-9-11(14(15)17)5-3-6-12(9)16-10(2)13-7-4-8-18-13/h3-8,10,16H,1-2H3,(H2,15,17). The molecule has 1 amide bonds. The van der Waals surface area contributed by atoms with Crippen molar-refractivity contribution in [2.45, 2.75) is 19.9 Å². The Kier molecular flexibility index (Phi) is 3.67. The summed E-state index contributed by atoms with van der Waals surface area (Å²) >= 11 is 1.71. The van der Waals surface area contributed by atoms with Crippen LogP contribution in [0.2, 0.25) is 0 Å². The fraction of sp³-hybridized carbons (Fsp3) is 0.214. The minimum atomic E-state index is -0.389. The van der Waals surface area contributed by atoms with Crippen LogP contribution in [-0.2, 0) is 0 Å². The lowest BCUT2D eigenvalue weighted by Gasteiger charge is -2.17. The molecule has 4 heteroatoms. The second-order valence-electron chi connectivity index (χ2n) is 4.22. The number of hydrogen-bond acceptors (Lipinski definition) is 3. The van der Waals surface area contributed by atoms with E-state index < -0.39 is 0 Å². The first kappa shape index (κ1) is 12.6. The van der Waals surface area contributed by atoms with Crippen LogP contribution < -0.4 is 11.1 Å². The molecule has 1 unspecified atom stereocenters. The largest absolute Gasteiger partial charge is 0.377 e. The van der Waals surface area contributed by atoms with E-state index in [9.17, 15) is 4.79 Å².